The highest BCUT2D eigenvalue weighted by Gasteiger charge is 2.59. The normalized spacial score (nSPS) is 20.5. The zero-order valence-electron chi connectivity index (χ0n) is 14.0. The first-order chi connectivity index (χ1) is 12.2. The van der Waals surface area contributed by atoms with Crippen LogP contribution >= 0.6 is 47.2 Å². The van der Waals surface area contributed by atoms with Crippen LogP contribution in [-0.2, 0) is 12.0 Å². The van der Waals surface area contributed by atoms with Gasteiger partial charge in [-0.05, 0) is 29.7 Å². The molecule has 3 rings (SSSR count). The molecule has 9 heteroatoms. The predicted molar refractivity (Wildman–Crippen MR) is 106 cm³/mol. The van der Waals surface area contributed by atoms with Crippen LogP contribution in [0.15, 0.2) is 42.5 Å². The van der Waals surface area contributed by atoms with E-state index in [0.717, 1.165) is 5.56 Å². The van der Waals surface area contributed by atoms with Gasteiger partial charge in [-0.25, -0.2) is 5.01 Å². The van der Waals surface area contributed by atoms with Crippen LogP contribution in [0.5, 0.6) is 0 Å². The Bertz CT molecular complexity index is 763. The molecule has 1 heterocycles. The Labute approximate surface area is 177 Å². The maximum atomic E-state index is 14.0. The van der Waals surface area contributed by atoms with Crippen molar-refractivity contribution in [2.45, 2.75) is 24.6 Å². The van der Waals surface area contributed by atoms with Crippen LogP contribution in [-0.4, -0.2) is 24.3 Å². The molecule has 0 radical (unpaired) electrons. The minimum Gasteiger partial charge on any atom is -0.251 e. The molecule has 1 atom stereocenters. The molecule has 1 unspecified atom stereocenters. The van der Waals surface area contributed by atoms with E-state index in [2.05, 4.69) is 5.43 Å². The number of nitrogens with zero attached hydrogens (tertiary/aromatic N) is 1. The maximum Gasteiger partial charge on any atom is 0.399 e. The van der Waals surface area contributed by atoms with Crippen molar-refractivity contribution in [3.63, 3.8) is 0 Å². The summed E-state index contributed by atoms with van der Waals surface area (Å²) in [5.41, 5.74) is 2.06. The predicted octanol–water partition coefficient (Wildman–Crippen LogP) is 6.28. The largest absolute Gasteiger partial charge is 0.399 e. The van der Waals surface area contributed by atoms with E-state index in [0.29, 0.717) is 6.54 Å². The van der Waals surface area contributed by atoms with Crippen molar-refractivity contribution in [2.75, 3.05) is 13.1 Å². The quantitative estimate of drug-likeness (QED) is 0.541. The smallest absolute Gasteiger partial charge is 0.251 e. The van der Waals surface area contributed by atoms with E-state index in [-0.39, 0.29) is 52.5 Å². The highest BCUT2D eigenvalue weighted by molar-refractivity contribution is 6.48. The first-order valence-electron chi connectivity index (χ1n) is 7.97. The van der Waals surface area contributed by atoms with Crippen molar-refractivity contribution in [1.29, 1.82) is 0 Å². The summed E-state index contributed by atoms with van der Waals surface area (Å²) in [4.78, 5) is 0. The summed E-state index contributed by atoms with van der Waals surface area (Å²) in [6, 6.07) is 12.0. The molecule has 0 bridgehead atoms. The van der Waals surface area contributed by atoms with Gasteiger partial charge in [0.2, 0.25) is 0 Å². The minimum absolute atomic E-state index is 0. The van der Waals surface area contributed by atoms with Gasteiger partial charge in [-0.15, -0.1) is 12.4 Å². The first kappa shape index (κ1) is 22.6. The van der Waals surface area contributed by atoms with E-state index in [1.54, 1.807) is 5.01 Å². The molecular weight excluding hydrogens is 443 g/mol. The zero-order chi connectivity index (χ0) is 18.9. The van der Waals surface area contributed by atoms with Crippen molar-refractivity contribution in [1.82, 2.24) is 10.4 Å². The molecular formula is C18H17Cl4F3N2. The van der Waals surface area contributed by atoms with Crippen LogP contribution in [0.4, 0.5) is 13.2 Å². The highest BCUT2D eigenvalue weighted by Crippen LogP contribution is 2.49. The molecule has 0 aromatic heterocycles. The maximum absolute atomic E-state index is 14.0. The molecule has 2 aromatic carbocycles. The summed E-state index contributed by atoms with van der Waals surface area (Å²) in [7, 11) is 0. The molecule has 1 saturated heterocycles. The Morgan fingerprint density at radius 2 is 1.63 bits per heavy atom. The molecule has 0 spiro atoms. The lowest BCUT2D eigenvalue weighted by Gasteiger charge is -2.33. The highest BCUT2D eigenvalue weighted by atomic mass is 35.5. The summed E-state index contributed by atoms with van der Waals surface area (Å²) < 4.78 is 42.1. The number of hydrogen-bond acceptors (Lipinski definition) is 2. The van der Waals surface area contributed by atoms with E-state index < -0.39 is 11.6 Å². The fraction of sp³-hybridized carbons (Fsp3) is 0.333. The molecule has 1 aliphatic rings. The first-order valence-corrected chi connectivity index (χ1v) is 9.10. The van der Waals surface area contributed by atoms with Gasteiger partial charge in [0.25, 0.3) is 0 Å². The van der Waals surface area contributed by atoms with Gasteiger partial charge in [0, 0.05) is 19.6 Å². The third-order valence-electron chi connectivity index (χ3n) is 4.70. The zero-order valence-corrected chi connectivity index (χ0v) is 17.1. The number of benzene rings is 2. The fourth-order valence-electron chi connectivity index (χ4n) is 3.21. The standard InChI is InChI=1S/C18H16Cl3F3N2.ClH/c19-14-8-13(9-15(20)16(14)21)17(18(22,23)24)6-7-26(11-17)25-10-12-4-2-1-3-5-12;/h1-5,8-9,25H,6-7,10-11H2;1H. The van der Waals surface area contributed by atoms with Gasteiger partial charge < -0.3 is 0 Å². The van der Waals surface area contributed by atoms with Gasteiger partial charge in [0.15, 0.2) is 0 Å². The van der Waals surface area contributed by atoms with Crippen molar-refractivity contribution in [3.05, 3.63) is 68.7 Å². The second kappa shape index (κ2) is 8.76. The number of nitrogens with one attached hydrogen (secondary N) is 1. The number of alkyl halides is 3. The van der Waals surface area contributed by atoms with E-state index in [1.807, 2.05) is 30.3 Å². The topological polar surface area (TPSA) is 15.3 Å². The lowest BCUT2D eigenvalue weighted by molar-refractivity contribution is -0.187. The fourth-order valence-corrected chi connectivity index (χ4v) is 3.80. The van der Waals surface area contributed by atoms with Crippen LogP contribution in [0.3, 0.4) is 0 Å². The van der Waals surface area contributed by atoms with Crippen LogP contribution in [0.1, 0.15) is 17.5 Å². The Hall–Kier alpha value is -0.690. The van der Waals surface area contributed by atoms with Gasteiger partial charge in [-0.3, -0.25) is 5.43 Å². The molecule has 1 N–H and O–H groups in total. The lowest BCUT2D eigenvalue weighted by Crippen LogP contribution is -2.47. The van der Waals surface area contributed by atoms with Crippen molar-refractivity contribution in [3.8, 4) is 0 Å². The molecule has 0 aliphatic carbocycles. The van der Waals surface area contributed by atoms with Crippen molar-refractivity contribution in [2.24, 2.45) is 0 Å². The Kier molecular flexibility index (Phi) is 7.34. The molecule has 1 aliphatic heterocycles. The van der Waals surface area contributed by atoms with Gasteiger partial charge in [-0.1, -0.05) is 65.1 Å². The van der Waals surface area contributed by atoms with Gasteiger partial charge >= 0.3 is 6.18 Å². The third-order valence-corrected chi connectivity index (χ3v) is 5.89. The minimum atomic E-state index is -4.45. The summed E-state index contributed by atoms with van der Waals surface area (Å²) in [5, 5.41) is 1.70. The Balaban J connectivity index is 0.00000261. The van der Waals surface area contributed by atoms with Crippen molar-refractivity contribution < 1.29 is 13.2 Å². The summed E-state index contributed by atoms with van der Waals surface area (Å²) in [6.45, 7) is 0.485. The number of hydrazine groups is 1. The second-order valence-electron chi connectivity index (χ2n) is 6.33. The SMILES string of the molecule is Cl.FC(F)(F)C1(c2cc(Cl)c(Cl)c(Cl)c2)CCN(NCc2ccccc2)C1. The van der Waals surface area contributed by atoms with Gasteiger partial charge in [-0.2, -0.15) is 13.2 Å². The summed E-state index contributed by atoms with van der Waals surface area (Å²) in [5.74, 6) is 0. The average Bonchev–Trinajstić information content (AvgIpc) is 3.04. The van der Waals surface area contributed by atoms with E-state index in [4.69, 9.17) is 34.8 Å². The molecule has 2 aromatic rings. The number of rotatable bonds is 4. The molecule has 2 nitrogen and oxygen atoms in total. The third kappa shape index (κ3) is 4.66. The molecule has 148 valence electrons. The monoisotopic (exact) mass is 458 g/mol. The molecule has 27 heavy (non-hydrogen) atoms. The molecule has 0 amide bonds. The van der Waals surface area contributed by atoms with Crippen molar-refractivity contribution >= 4 is 47.2 Å². The summed E-state index contributed by atoms with van der Waals surface area (Å²) >= 11 is 17.8. The Morgan fingerprint density at radius 1 is 1.04 bits per heavy atom. The van der Waals surface area contributed by atoms with Gasteiger partial charge in [0.05, 0.1) is 15.1 Å². The molecule has 1 fully saturated rings. The molecule has 0 saturated carbocycles. The van der Waals surface area contributed by atoms with Crippen LogP contribution in [0.2, 0.25) is 15.1 Å². The average molecular weight is 460 g/mol. The second-order valence-corrected chi connectivity index (χ2v) is 7.52. The lowest BCUT2D eigenvalue weighted by atomic mass is 9.79. The number of halogens is 7. The van der Waals surface area contributed by atoms with Crippen LogP contribution in [0, 0.1) is 0 Å². The van der Waals surface area contributed by atoms with Crippen LogP contribution in [0.25, 0.3) is 0 Å². The van der Waals surface area contributed by atoms with E-state index >= 15 is 0 Å². The summed E-state index contributed by atoms with van der Waals surface area (Å²) in [6.07, 6.45) is -4.54. The van der Waals surface area contributed by atoms with E-state index in [9.17, 15) is 13.2 Å². The Morgan fingerprint density at radius 3 is 2.19 bits per heavy atom. The van der Waals surface area contributed by atoms with Crippen LogP contribution < -0.4 is 5.43 Å². The van der Waals surface area contributed by atoms with E-state index in [1.165, 1.54) is 12.1 Å². The number of hydrogen-bond donors (Lipinski definition) is 1. The van der Waals surface area contributed by atoms with Gasteiger partial charge in [0.1, 0.15) is 5.41 Å².